The van der Waals surface area contributed by atoms with E-state index in [0.29, 0.717) is 30.3 Å². The molecule has 376 valence electrons. The molecular formula is C52H59F3O14Si. The molecule has 18 heteroatoms. The summed E-state index contributed by atoms with van der Waals surface area (Å²) in [5.41, 5.74) is -8.96. The number of ether oxygens (including phenoxy) is 6. The van der Waals surface area contributed by atoms with Gasteiger partial charge in [-0.05, 0) is 79.5 Å². The molecule has 0 aromatic heterocycles. The van der Waals surface area contributed by atoms with Gasteiger partial charge in [0.05, 0.1) is 35.2 Å². The standard InChI is InChI=1S/C52H59F3O14Si/c1-9-70(10-2,11-3)69-38-27-39-50(29-63-39,68-31(5)56)43-45(67-46(60)33-18-14-12-15-19-33)51(62)28-37(65-40(58)26-36(57)32-22-24-34(25-23-32)52(53,54)55)30(4)41(48(51,6)7)42(44(59)49(38,43)8)66-47(61)64-35-20-16-13-17-21-35/h12-25,37-39,42-43,45,62H,9-11,26-29H2,1-8H3/t37-,38-,39+,42+,43-,45-,49+,50-,51+/m0/s1. The van der Waals surface area contributed by atoms with Crippen molar-refractivity contribution in [3.8, 4) is 5.75 Å². The fourth-order valence-electron chi connectivity index (χ4n) is 11.3. The van der Waals surface area contributed by atoms with Crippen molar-refractivity contribution in [3.63, 3.8) is 0 Å². The molecule has 7 rings (SSSR count). The average Bonchev–Trinajstić information content (AvgIpc) is 3.31. The van der Waals surface area contributed by atoms with Crippen LogP contribution in [0.5, 0.6) is 5.75 Å². The lowest BCUT2D eigenvalue weighted by Gasteiger charge is -2.68. The van der Waals surface area contributed by atoms with E-state index >= 15 is 4.79 Å². The van der Waals surface area contributed by atoms with Gasteiger partial charge in [-0.25, -0.2) is 9.59 Å². The van der Waals surface area contributed by atoms with E-state index in [0.717, 1.165) is 12.1 Å². The Morgan fingerprint density at radius 1 is 0.829 bits per heavy atom. The lowest BCUT2D eigenvalue weighted by atomic mass is 9.44. The largest absolute Gasteiger partial charge is 0.514 e. The number of Topliss-reactive ketones (excluding diaryl/α,β-unsaturated/α-hetero) is 2. The Hall–Kier alpha value is -5.69. The van der Waals surface area contributed by atoms with Crippen molar-refractivity contribution >= 4 is 43.9 Å². The number of benzene rings is 3. The number of aliphatic hydroxyl groups is 1. The van der Waals surface area contributed by atoms with E-state index in [2.05, 4.69) is 0 Å². The highest BCUT2D eigenvalue weighted by Crippen LogP contribution is 2.65. The zero-order valence-electron chi connectivity index (χ0n) is 40.4. The molecule has 1 heterocycles. The fraction of sp³-hybridized carbons (Fsp3) is 0.500. The SMILES string of the molecule is CC[Si](CC)(CC)O[C@H]1C[C@H]2OC[C@@]2(OC(C)=O)[C@H]2[C@H](OC(=O)c3ccccc3)[C@]3(O)C[C@H](OC(=O)CC(=O)c4ccc(C(F)(F)F)cc4)C(C)=C([C@@H](OC(=O)Oc4ccccc4)C(=O)[C@]12C)C3(C)C. The van der Waals surface area contributed by atoms with E-state index in [1.54, 1.807) is 57.2 Å². The van der Waals surface area contributed by atoms with Gasteiger partial charge in [0.15, 0.2) is 31.6 Å². The van der Waals surface area contributed by atoms with Crippen LogP contribution in [0.15, 0.2) is 96.1 Å². The first-order valence-electron chi connectivity index (χ1n) is 23.5. The molecule has 2 saturated carbocycles. The molecule has 3 fully saturated rings. The number of carbonyl (C=O) groups is 6. The summed E-state index contributed by atoms with van der Waals surface area (Å²) in [5.74, 6) is -5.96. The predicted molar refractivity (Wildman–Crippen MR) is 247 cm³/mol. The van der Waals surface area contributed by atoms with Gasteiger partial charge in [0.1, 0.15) is 36.1 Å². The Kier molecular flexibility index (Phi) is 14.5. The van der Waals surface area contributed by atoms with Crippen LogP contribution in [-0.4, -0.2) is 97.4 Å². The molecular weight excluding hydrogens is 934 g/mol. The summed E-state index contributed by atoms with van der Waals surface area (Å²) in [6.07, 6.45) is -14.8. The van der Waals surface area contributed by atoms with E-state index in [9.17, 15) is 42.3 Å². The number of rotatable bonds is 14. The Morgan fingerprint density at radius 3 is 1.97 bits per heavy atom. The van der Waals surface area contributed by atoms with Crippen molar-refractivity contribution < 1.29 is 79.9 Å². The molecule has 0 amide bonds. The van der Waals surface area contributed by atoms with Crippen molar-refractivity contribution in [2.24, 2.45) is 16.7 Å². The first-order valence-corrected chi connectivity index (χ1v) is 26.0. The van der Waals surface area contributed by atoms with Crippen LogP contribution in [0, 0.1) is 16.7 Å². The third-order valence-corrected chi connectivity index (χ3v) is 20.1. The van der Waals surface area contributed by atoms with Crippen LogP contribution in [0.2, 0.25) is 18.1 Å². The molecule has 3 aromatic carbocycles. The summed E-state index contributed by atoms with van der Waals surface area (Å²) in [5, 5.41) is 14.0. The first-order chi connectivity index (χ1) is 32.9. The second-order valence-corrected chi connectivity index (χ2v) is 24.1. The second kappa shape index (κ2) is 19.5. The smallest absolute Gasteiger partial charge is 0.457 e. The van der Waals surface area contributed by atoms with Gasteiger partial charge in [0, 0.05) is 30.7 Å². The van der Waals surface area contributed by atoms with E-state index in [1.807, 2.05) is 20.8 Å². The highest BCUT2D eigenvalue weighted by atomic mass is 28.4. The molecule has 3 aromatic rings. The first kappa shape index (κ1) is 52.1. The lowest BCUT2D eigenvalue weighted by molar-refractivity contribution is -0.344. The molecule has 2 bridgehead atoms. The second-order valence-electron chi connectivity index (χ2n) is 19.4. The molecule has 0 spiro atoms. The maximum absolute atomic E-state index is 16.5. The zero-order chi connectivity index (χ0) is 51.2. The summed E-state index contributed by atoms with van der Waals surface area (Å²) < 4.78 is 84.2. The maximum atomic E-state index is 16.5. The summed E-state index contributed by atoms with van der Waals surface area (Å²) >= 11 is 0. The Morgan fingerprint density at radius 2 is 1.43 bits per heavy atom. The normalized spacial score (nSPS) is 29.2. The van der Waals surface area contributed by atoms with Gasteiger partial charge in [-0.15, -0.1) is 0 Å². The Labute approximate surface area is 405 Å². The van der Waals surface area contributed by atoms with Crippen LogP contribution in [-0.2, 0) is 48.7 Å². The fourth-order valence-corrected chi connectivity index (χ4v) is 14.2. The summed E-state index contributed by atoms with van der Waals surface area (Å²) in [7, 11) is -2.72. The highest BCUT2D eigenvalue weighted by Gasteiger charge is 2.79. The van der Waals surface area contributed by atoms with Gasteiger partial charge in [0.25, 0.3) is 0 Å². The van der Waals surface area contributed by atoms with Gasteiger partial charge in [-0.3, -0.25) is 19.2 Å². The lowest BCUT2D eigenvalue weighted by Crippen LogP contribution is -2.82. The topological polar surface area (TPSA) is 187 Å². The number of carbonyl (C=O) groups excluding carboxylic acids is 6. The van der Waals surface area contributed by atoms with Gasteiger partial charge < -0.3 is 38.0 Å². The summed E-state index contributed by atoms with van der Waals surface area (Å²) in [6.45, 7) is 13.1. The van der Waals surface area contributed by atoms with Crippen LogP contribution in [0.4, 0.5) is 18.0 Å². The zero-order valence-corrected chi connectivity index (χ0v) is 41.4. The number of hydrogen-bond donors (Lipinski definition) is 1. The van der Waals surface area contributed by atoms with Crippen LogP contribution < -0.4 is 4.74 Å². The number of ketones is 2. The number of fused-ring (bicyclic) bond motifs is 5. The average molecular weight is 993 g/mol. The van der Waals surface area contributed by atoms with Gasteiger partial charge in [-0.2, -0.15) is 13.2 Å². The maximum Gasteiger partial charge on any atom is 0.514 e. The molecule has 1 aliphatic heterocycles. The molecule has 1 N–H and O–H groups in total. The summed E-state index contributed by atoms with van der Waals surface area (Å²) in [4.78, 5) is 86.0. The van der Waals surface area contributed by atoms with Crippen molar-refractivity contribution in [2.45, 2.75) is 141 Å². The number of esters is 3. The molecule has 14 nitrogen and oxygen atoms in total. The summed E-state index contributed by atoms with van der Waals surface area (Å²) in [6, 6.07) is 21.0. The van der Waals surface area contributed by atoms with E-state index < -0.39 is 127 Å². The van der Waals surface area contributed by atoms with Gasteiger partial charge in [0.2, 0.25) is 0 Å². The molecule has 0 unspecified atom stereocenters. The van der Waals surface area contributed by atoms with E-state index in [4.69, 9.17) is 32.8 Å². The number of para-hydroxylation sites is 1. The van der Waals surface area contributed by atoms with Gasteiger partial charge in [-0.1, -0.05) is 83.1 Å². The molecule has 0 radical (unpaired) electrons. The monoisotopic (exact) mass is 992 g/mol. The molecule has 70 heavy (non-hydrogen) atoms. The van der Waals surface area contributed by atoms with Crippen LogP contribution >= 0.6 is 0 Å². The molecule has 9 atom stereocenters. The van der Waals surface area contributed by atoms with Crippen LogP contribution in [0.25, 0.3) is 0 Å². The predicted octanol–water partition coefficient (Wildman–Crippen LogP) is 9.18. The van der Waals surface area contributed by atoms with Crippen molar-refractivity contribution in [1.82, 2.24) is 0 Å². The quantitative estimate of drug-likeness (QED) is 0.0306. The van der Waals surface area contributed by atoms with Crippen molar-refractivity contribution in [2.75, 3.05) is 6.61 Å². The Bertz CT molecular complexity index is 2520. The minimum Gasteiger partial charge on any atom is -0.457 e. The van der Waals surface area contributed by atoms with Gasteiger partial charge >= 0.3 is 30.2 Å². The number of halogens is 3. The Balaban J connectivity index is 1.45. The molecule has 4 aliphatic rings. The highest BCUT2D eigenvalue weighted by molar-refractivity contribution is 6.73. The van der Waals surface area contributed by atoms with Crippen LogP contribution in [0.3, 0.4) is 0 Å². The van der Waals surface area contributed by atoms with Crippen LogP contribution in [0.1, 0.15) is 101 Å². The minimum absolute atomic E-state index is 0.00829. The number of hydrogen-bond acceptors (Lipinski definition) is 14. The van der Waals surface area contributed by atoms with Crippen molar-refractivity contribution in [1.29, 1.82) is 0 Å². The third-order valence-electron chi connectivity index (χ3n) is 15.5. The molecule has 1 saturated heterocycles. The number of alkyl halides is 3. The van der Waals surface area contributed by atoms with Crippen molar-refractivity contribution in [3.05, 3.63) is 113 Å². The van der Waals surface area contributed by atoms with E-state index in [1.165, 1.54) is 38.1 Å². The minimum atomic E-state index is -4.68. The third kappa shape index (κ3) is 9.23. The van der Waals surface area contributed by atoms with E-state index in [-0.39, 0.29) is 41.1 Å². The molecule has 3 aliphatic carbocycles.